The lowest BCUT2D eigenvalue weighted by atomic mass is 10.0. The molecule has 0 bridgehead atoms. The van der Waals surface area contributed by atoms with Gasteiger partial charge in [0.15, 0.2) is 0 Å². The summed E-state index contributed by atoms with van der Waals surface area (Å²) in [6, 6.07) is 5.71. The minimum atomic E-state index is -4.77. The van der Waals surface area contributed by atoms with Crippen LogP contribution in [-0.2, 0) is 0 Å². The molecular formula is C10H7ClF3NO. The van der Waals surface area contributed by atoms with Gasteiger partial charge in [-0.2, -0.15) is 5.26 Å². The normalized spacial score (nSPS) is 13.0. The van der Waals surface area contributed by atoms with E-state index in [1.165, 1.54) is 12.1 Å². The summed E-state index contributed by atoms with van der Waals surface area (Å²) in [6.07, 6.45) is -4.77. The molecule has 0 aliphatic carbocycles. The lowest BCUT2D eigenvalue weighted by molar-refractivity contribution is -0.274. The van der Waals surface area contributed by atoms with Crippen LogP contribution in [0.5, 0.6) is 5.75 Å². The standard InChI is InChI=1S/C10H7ClF3NO/c1-6(5-15)7-2-3-9(8(11)4-7)16-10(12,13)14/h2-4,6H,1H3. The van der Waals surface area contributed by atoms with E-state index in [9.17, 15) is 13.2 Å². The summed E-state index contributed by atoms with van der Waals surface area (Å²) in [5.41, 5.74) is 0.544. The van der Waals surface area contributed by atoms with E-state index in [0.29, 0.717) is 5.56 Å². The van der Waals surface area contributed by atoms with Crippen LogP contribution in [0.3, 0.4) is 0 Å². The average molecular weight is 250 g/mol. The van der Waals surface area contributed by atoms with Crippen LogP contribution in [0.15, 0.2) is 18.2 Å². The van der Waals surface area contributed by atoms with Crippen molar-refractivity contribution >= 4 is 11.6 Å². The summed E-state index contributed by atoms with van der Waals surface area (Å²) < 4.78 is 39.4. The van der Waals surface area contributed by atoms with Gasteiger partial charge in [-0.1, -0.05) is 17.7 Å². The molecule has 1 rings (SSSR count). The smallest absolute Gasteiger partial charge is 0.404 e. The summed E-state index contributed by atoms with van der Waals surface area (Å²) in [6.45, 7) is 1.62. The van der Waals surface area contributed by atoms with Gasteiger partial charge in [-0.3, -0.25) is 0 Å². The highest BCUT2D eigenvalue weighted by atomic mass is 35.5. The number of nitriles is 1. The molecular weight excluding hydrogens is 243 g/mol. The number of hydrogen-bond donors (Lipinski definition) is 0. The molecule has 6 heteroatoms. The van der Waals surface area contributed by atoms with E-state index in [4.69, 9.17) is 16.9 Å². The topological polar surface area (TPSA) is 33.0 Å². The third-order valence-electron chi connectivity index (χ3n) is 1.88. The molecule has 16 heavy (non-hydrogen) atoms. The molecule has 0 amide bonds. The number of rotatable bonds is 2. The highest BCUT2D eigenvalue weighted by Crippen LogP contribution is 2.32. The van der Waals surface area contributed by atoms with Crippen LogP contribution < -0.4 is 4.74 Å². The van der Waals surface area contributed by atoms with Crippen LogP contribution in [0.4, 0.5) is 13.2 Å². The van der Waals surface area contributed by atoms with Gasteiger partial charge in [0.25, 0.3) is 0 Å². The van der Waals surface area contributed by atoms with Crippen molar-refractivity contribution in [3.63, 3.8) is 0 Å². The first-order chi connectivity index (χ1) is 7.33. The van der Waals surface area contributed by atoms with Gasteiger partial charge in [0.05, 0.1) is 17.0 Å². The van der Waals surface area contributed by atoms with Crippen LogP contribution in [0, 0.1) is 11.3 Å². The van der Waals surface area contributed by atoms with Gasteiger partial charge in [-0.25, -0.2) is 0 Å². The maximum Gasteiger partial charge on any atom is 0.573 e. The SMILES string of the molecule is CC(C#N)c1ccc(OC(F)(F)F)c(Cl)c1. The summed E-state index contributed by atoms with van der Waals surface area (Å²) in [4.78, 5) is 0. The van der Waals surface area contributed by atoms with E-state index in [-0.39, 0.29) is 5.02 Å². The van der Waals surface area contributed by atoms with Crippen LogP contribution in [-0.4, -0.2) is 6.36 Å². The zero-order valence-corrected chi connectivity index (χ0v) is 8.93. The quantitative estimate of drug-likeness (QED) is 0.797. The molecule has 1 atom stereocenters. The highest BCUT2D eigenvalue weighted by molar-refractivity contribution is 6.32. The lowest BCUT2D eigenvalue weighted by Crippen LogP contribution is -2.17. The largest absolute Gasteiger partial charge is 0.573 e. The molecule has 0 saturated heterocycles. The van der Waals surface area contributed by atoms with Crippen molar-refractivity contribution in [1.29, 1.82) is 5.26 Å². The molecule has 1 unspecified atom stereocenters. The summed E-state index contributed by atoms with van der Waals surface area (Å²) in [7, 11) is 0. The number of halogens is 4. The number of benzene rings is 1. The Morgan fingerprint density at radius 3 is 2.50 bits per heavy atom. The molecule has 0 aromatic heterocycles. The van der Waals surface area contributed by atoms with Crippen LogP contribution in [0.25, 0.3) is 0 Å². The van der Waals surface area contributed by atoms with E-state index < -0.39 is 18.0 Å². The predicted octanol–water partition coefficient (Wildman–Crippen LogP) is 3.87. The molecule has 0 radical (unpaired) electrons. The van der Waals surface area contributed by atoms with Gasteiger partial charge in [-0.15, -0.1) is 13.2 Å². The Bertz CT molecular complexity index is 425. The minimum Gasteiger partial charge on any atom is -0.404 e. The predicted molar refractivity (Wildman–Crippen MR) is 52.2 cm³/mol. The van der Waals surface area contributed by atoms with E-state index in [2.05, 4.69) is 4.74 Å². The Morgan fingerprint density at radius 1 is 1.44 bits per heavy atom. The molecule has 0 aliphatic rings. The van der Waals surface area contributed by atoms with Gasteiger partial charge >= 0.3 is 6.36 Å². The third-order valence-corrected chi connectivity index (χ3v) is 2.17. The fourth-order valence-corrected chi connectivity index (χ4v) is 1.30. The lowest BCUT2D eigenvalue weighted by Gasteiger charge is -2.11. The average Bonchev–Trinajstić information content (AvgIpc) is 2.18. The van der Waals surface area contributed by atoms with Crippen LogP contribution >= 0.6 is 11.6 Å². The first-order valence-electron chi connectivity index (χ1n) is 4.28. The van der Waals surface area contributed by atoms with E-state index in [0.717, 1.165) is 6.07 Å². The summed E-state index contributed by atoms with van der Waals surface area (Å²) in [5.74, 6) is -0.902. The number of nitrogens with zero attached hydrogens (tertiary/aromatic N) is 1. The second-order valence-electron chi connectivity index (χ2n) is 3.09. The molecule has 0 aliphatic heterocycles. The fraction of sp³-hybridized carbons (Fsp3) is 0.300. The van der Waals surface area contributed by atoms with Crippen LogP contribution in [0.2, 0.25) is 5.02 Å². The number of ether oxygens (including phenoxy) is 1. The van der Waals surface area contributed by atoms with Gasteiger partial charge in [0, 0.05) is 0 Å². The monoisotopic (exact) mass is 249 g/mol. The maximum atomic E-state index is 11.9. The Balaban J connectivity index is 2.97. The molecule has 0 spiro atoms. The highest BCUT2D eigenvalue weighted by Gasteiger charge is 2.32. The molecule has 0 N–H and O–H groups in total. The number of hydrogen-bond acceptors (Lipinski definition) is 2. The van der Waals surface area contributed by atoms with E-state index >= 15 is 0 Å². The second kappa shape index (κ2) is 4.62. The van der Waals surface area contributed by atoms with Crippen molar-refractivity contribution in [3.05, 3.63) is 28.8 Å². The van der Waals surface area contributed by atoms with Crippen molar-refractivity contribution in [2.24, 2.45) is 0 Å². The molecule has 2 nitrogen and oxygen atoms in total. The first-order valence-corrected chi connectivity index (χ1v) is 4.66. The Morgan fingerprint density at radius 2 is 2.06 bits per heavy atom. The van der Waals surface area contributed by atoms with E-state index in [1.54, 1.807) is 6.92 Å². The van der Waals surface area contributed by atoms with Crippen molar-refractivity contribution < 1.29 is 17.9 Å². The van der Waals surface area contributed by atoms with Crippen molar-refractivity contribution in [2.45, 2.75) is 19.2 Å². The summed E-state index contributed by atoms with van der Waals surface area (Å²) >= 11 is 5.60. The summed E-state index contributed by atoms with van der Waals surface area (Å²) in [5, 5.41) is 8.46. The minimum absolute atomic E-state index is 0.170. The van der Waals surface area contributed by atoms with Gasteiger partial charge in [-0.05, 0) is 24.6 Å². The Hall–Kier alpha value is -1.41. The zero-order chi connectivity index (χ0) is 12.3. The molecule has 0 fully saturated rings. The van der Waals surface area contributed by atoms with Gasteiger partial charge < -0.3 is 4.74 Å². The van der Waals surface area contributed by atoms with Crippen LogP contribution in [0.1, 0.15) is 18.4 Å². The maximum absolute atomic E-state index is 11.9. The molecule has 86 valence electrons. The van der Waals surface area contributed by atoms with Crippen molar-refractivity contribution in [3.8, 4) is 11.8 Å². The number of alkyl halides is 3. The van der Waals surface area contributed by atoms with Gasteiger partial charge in [0.1, 0.15) is 5.75 Å². The Kier molecular flexibility index (Phi) is 3.66. The molecule has 0 saturated carbocycles. The zero-order valence-electron chi connectivity index (χ0n) is 8.18. The Labute approximate surface area is 95.2 Å². The third kappa shape index (κ3) is 3.31. The molecule has 0 heterocycles. The van der Waals surface area contributed by atoms with Gasteiger partial charge in [0.2, 0.25) is 0 Å². The first kappa shape index (κ1) is 12.7. The second-order valence-corrected chi connectivity index (χ2v) is 3.50. The van der Waals surface area contributed by atoms with Crippen molar-refractivity contribution in [1.82, 2.24) is 0 Å². The molecule has 1 aromatic rings. The molecule has 1 aromatic carbocycles. The van der Waals surface area contributed by atoms with E-state index in [1.807, 2.05) is 6.07 Å². The fourth-order valence-electron chi connectivity index (χ4n) is 1.07. The van der Waals surface area contributed by atoms with Crippen molar-refractivity contribution in [2.75, 3.05) is 0 Å².